The number of aliphatic hydroxyl groups is 3. The number of hydrogen-bond acceptors (Lipinski definition) is 9. The van der Waals surface area contributed by atoms with Gasteiger partial charge >= 0.3 is 0 Å². The molecule has 10 nitrogen and oxygen atoms in total. The quantitative estimate of drug-likeness (QED) is 0.311. The second kappa shape index (κ2) is 7.63. The summed E-state index contributed by atoms with van der Waals surface area (Å²) in [4.78, 5) is 40.8. The molecule has 33 heavy (non-hydrogen) atoms. The Morgan fingerprint density at radius 2 is 1.85 bits per heavy atom. The lowest BCUT2D eigenvalue weighted by molar-refractivity contribution is -0.191. The van der Waals surface area contributed by atoms with Gasteiger partial charge in [-0.1, -0.05) is 19.1 Å². The molecule has 1 amide bonds. The standard InChI is InChI=1S/C23H29N3O7/c1-8-9-6-5-7-10(27)12(9)17(28)13-11(8)18(29)15-16(26(3)4)19(30)14(22(24)32)21(31)23(15,33)20(13)25-2/h5-8,11,13,15-16,18,20,25,27,29-30,33H,1-4H3,(H2,24,32)/t8-,11?,13?,15?,16-,18-,20?,23-/m0/s1. The molecule has 7 N–H and O–H groups in total. The predicted molar refractivity (Wildman–Crippen MR) is 116 cm³/mol. The monoisotopic (exact) mass is 459 g/mol. The minimum Gasteiger partial charge on any atom is -0.510 e. The van der Waals surface area contributed by atoms with Crippen molar-refractivity contribution < 1.29 is 34.8 Å². The smallest absolute Gasteiger partial charge is 0.255 e. The molecule has 0 aliphatic heterocycles. The average molecular weight is 459 g/mol. The zero-order valence-electron chi connectivity index (χ0n) is 18.8. The van der Waals surface area contributed by atoms with E-state index in [0.717, 1.165) is 0 Å². The minimum absolute atomic E-state index is 0.0849. The van der Waals surface area contributed by atoms with Crippen molar-refractivity contribution in [2.75, 3.05) is 21.1 Å². The maximum absolute atomic E-state index is 13.7. The van der Waals surface area contributed by atoms with Crippen LogP contribution in [0.25, 0.3) is 0 Å². The van der Waals surface area contributed by atoms with E-state index < -0.39 is 76.3 Å². The summed E-state index contributed by atoms with van der Waals surface area (Å²) in [6.45, 7) is 1.81. The molecular weight excluding hydrogens is 430 g/mol. The zero-order chi connectivity index (χ0) is 24.6. The van der Waals surface area contributed by atoms with Gasteiger partial charge in [-0.15, -0.1) is 0 Å². The number of phenolic OH excluding ortho intramolecular Hbond substituents is 1. The molecule has 0 aromatic heterocycles. The fourth-order valence-corrected chi connectivity index (χ4v) is 6.49. The number of phenols is 1. The molecule has 1 fully saturated rings. The topological polar surface area (TPSA) is 173 Å². The molecule has 0 saturated heterocycles. The molecule has 0 heterocycles. The van der Waals surface area contributed by atoms with E-state index in [0.29, 0.717) is 5.56 Å². The van der Waals surface area contributed by atoms with Gasteiger partial charge in [-0.3, -0.25) is 19.3 Å². The minimum atomic E-state index is -2.43. The van der Waals surface area contributed by atoms with Gasteiger partial charge < -0.3 is 31.5 Å². The highest BCUT2D eigenvalue weighted by atomic mass is 16.3. The van der Waals surface area contributed by atoms with Crippen molar-refractivity contribution in [3.63, 3.8) is 0 Å². The lowest BCUT2D eigenvalue weighted by Gasteiger charge is -2.59. The summed E-state index contributed by atoms with van der Waals surface area (Å²) in [5, 5.41) is 47.7. The van der Waals surface area contributed by atoms with Crippen LogP contribution in [0, 0.1) is 17.8 Å². The van der Waals surface area contributed by atoms with Crippen molar-refractivity contribution in [2.24, 2.45) is 23.5 Å². The van der Waals surface area contributed by atoms with E-state index in [1.165, 1.54) is 18.0 Å². The van der Waals surface area contributed by atoms with E-state index in [1.807, 2.05) is 6.92 Å². The maximum atomic E-state index is 13.7. The van der Waals surface area contributed by atoms with E-state index in [9.17, 15) is 34.8 Å². The van der Waals surface area contributed by atoms with Crippen molar-refractivity contribution in [2.45, 2.75) is 36.6 Å². The number of aromatic hydroxyl groups is 1. The number of amides is 1. The molecule has 10 heteroatoms. The van der Waals surface area contributed by atoms with Crippen LogP contribution in [-0.4, -0.2) is 87.7 Å². The van der Waals surface area contributed by atoms with Gasteiger partial charge in [0.05, 0.1) is 23.8 Å². The van der Waals surface area contributed by atoms with E-state index in [1.54, 1.807) is 26.2 Å². The normalized spacial score (nSPS) is 38.1. The molecule has 8 atom stereocenters. The largest absolute Gasteiger partial charge is 0.510 e. The first-order valence-corrected chi connectivity index (χ1v) is 10.8. The first-order valence-electron chi connectivity index (χ1n) is 10.8. The number of aliphatic hydroxyl groups excluding tert-OH is 2. The molecular formula is C23H29N3O7. The van der Waals surface area contributed by atoms with Gasteiger partial charge in [0.15, 0.2) is 11.4 Å². The van der Waals surface area contributed by atoms with Crippen LogP contribution in [0.15, 0.2) is 29.5 Å². The van der Waals surface area contributed by atoms with E-state index in [2.05, 4.69) is 5.32 Å². The van der Waals surface area contributed by atoms with Crippen LogP contribution in [0.2, 0.25) is 0 Å². The summed E-state index contributed by atoms with van der Waals surface area (Å²) < 4.78 is 0. The van der Waals surface area contributed by atoms with Gasteiger partial charge in [0.1, 0.15) is 17.1 Å². The van der Waals surface area contributed by atoms with Crippen LogP contribution in [0.1, 0.15) is 28.8 Å². The third-order valence-electron chi connectivity index (χ3n) is 7.79. The molecule has 0 spiro atoms. The van der Waals surface area contributed by atoms with Gasteiger partial charge in [0, 0.05) is 17.8 Å². The zero-order valence-corrected chi connectivity index (χ0v) is 18.8. The average Bonchev–Trinajstić information content (AvgIpc) is 2.73. The van der Waals surface area contributed by atoms with Crippen LogP contribution in [0.4, 0.5) is 0 Å². The molecule has 0 bridgehead atoms. The first kappa shape index (κ1) is 23.4. The maximum Gasteiger partial charge on any atom is 0.255 e. The van der Waals surface area contributed by atoms with Crippen molar-refractivity contribution in [3.8, 4) is 5.75 Å². The Bertz CT molecular complexity index is 1080. The number of carbonyl (C=O) groups is 3. The fraction of sp³-hybridized carbons (Fsp3) is 0.522. The SMILES string of the molecule is CNC1C2C(=O)c3c(O)cccc3[C@H](C)C2[C@H](O)C2[C@H](N(C)C)C(O)=C(C(N)=O)C(=O)[C@@]12O. The van der Waals surface area contributed by atoms with E-state index in [-0.39, 0.29) is 11.3 Å². The molecule has 3 aliphatic rings. The van der Waals surface area contributed by atoms with Gasteiger partial charge in [-0.2, -0.15) is 0 Å². The number of hydrogen-bond donors (Lipinski definition) is 6. The number of benzene rings is 1. The molecule has 178 valence electrons. The Labute approximate surface area is 190 Å². The summed E-state index contributed by atoms with van der Waals surface area (Å²) in [5.41, 5.74) is 2.84. The van der Waals surface area contributed by atoms with Crippen LogP contribution in [0.5, 0.6) is 5.75 Å². The molecule has 0 radical (unpaired) electrons. The molecule has 1 aromatic carbocycles. The Balaban J connectivity index is 2.01. The van der Waals surface area contributed by atoms with Crippen LogP contribution < -0.4 is 11.1 Å². The molecule has 1 saturated carbocycles. The summed E-state index contributed by atoms with van der Waals surface area (Å²) >= 11 is 0. The number of rotatable bonds is 3. The summed E-state index contributed by atoms with van der Waals surface area (Å²) in [7, 11) is 4.62. The third-order valence-corrected chi connectivity index (χ3v) is 7.79. The fourth-order valence-electron chi connectivity index (χ4n) is 6.49. The van der Waals surface area contributed by atoms with Crippen LogP contribution in [0.3, 0.4) is 0 Å². The highest BCUT2D eigenvalue weighted by Gasteiger charge is 2.70. The number of fused-ring (bicyclic) bond motifs is 3. The second-order valence-electron chi connectivity index (χ2n) is 9.47. The molecule has 3 aliphatic carbocycles. The highest BCUT2D eigenvalue weighted by molar-refractivity contribution is 6.23. The summed E-state index contributed by atoms with van der Waals surface area (Å²) in [6, 6.07) is 2.35. The van der Waals surface area contributed by atoms with Crippen molar-refractivity contribution in [3.05, 3.63) is 40.7 Å². The molecule has 4 unspecified atom stereocenters. The Kier molecular flexibility index (Phi) is 5.40. The van der Waals surface area contributed by atoms with Crippen molar-refractivity contribution in [1.82, 2.24) is 10.2 Å². The Morgan fingerprint density at radius 3 is 2.39 bits per heavy atom. The molecule has 1 aromatic rings. The summed E-state index contributed by atoms with van der Waals surface area (Å²) in [6.07, 6.45) is -1.41. The Morgan fingerprint density at radius 1 is 1.21 bits per heavy atom. The predicted octanol–water partition coefficient (Wildman–Crippen LogP) is -0.955. The van der Waals surface area contributed by atoms with Crippen molar-refractivity contribution in [1.29, 1.82) is 0 Å². The second-order valence-corrected chi connectivity index (χ2v) is 9.47. The van der Waals surface area contributed by atoms with E-state index in [4.69, 9.17) is 5.73 Å². The number of ketones is 2. The van der Waals surface area contributed by atoms with Gasteiger partial charge in [0.2, 0.25) is 5.78 Å². The highest BCUT2D eigenvalue weighted by Crippen LogP contribution is 2.56. The number of primary amides is 1. The van der Waals surface area contributed by atoms with E-state index >= 15 is 0 Å². The molecule has 4 rings (SSSR count). The number of nitrogens with one attached hydrogen (secondary N) is 1. The third kappa shape index (κ3) is 2.84. The van der Waals surface area contributed by atoms with Gasteiger partial charge in [-0.25, -0.2) is 0 Å². The van der Waals surface area contributed by atoms with Crippen LogP contribution >= 0.6 is 0 Å². The first-order chi connectivity index (χ1) is 15.4. The number of nitrogens with zero attached hydrogens (tertiary/aromatic N) is 1. The number of nitrogens with two attached hydrogens (primary N) is 1. The number of likely N-dealkylation sites (N-methyl/N-ethyl adjacent to an activating group) is 2. The number of carbonyl (C=O) groups excluding carboxylic acids is 3. The number of Topliss-reactive ketones (excluding diaryl/α,β-unsaturated/α-hetero) is 2. The van der Waals surface area contributed by atoms with Crippen LogP contribution in [-0.2, 0) is 9.59 Å². The summed E-state index contributed by atoms with van der Waals surface area (Å²) in [5.74, 6) is -7.25. The lowest BCUT2D eigenvalue weighted by Crippen LogP contribution is -2.77. The van der Waals surface area contributed by atoms with Gasteiger partial charge in [0.25, 0.3) is 5.91 Å². The van der Waals surface area contributed by atoms with Crippen molar-refractivity contribution >= 4 is 17.5 Å². The van der Waals surface area contributed by atoms with Gasteiger partial charge in [-0.05, 0) is 38.7 Å². The lowest BCUT2D eigenvalue weighted by atomic mass is 9.49. The Hall–Kier alpha value is -2.79.